The van der Waals surface area contributed by atoms with Crippen LogP contribution in [0.25, 0.3) is 16.6 Å². The van der Waals surface area contributed by atoms with Gasteiger partial charge in [-0.3, -0.25) is 0 Å². The predicted molar refractivity (Wildman–Crippen MR) is 77.5 cm³/mol. The fraction of sp³-hybridized carbons (Fsp3) is 0.176. The maximum Gasteiger partial charge on any atom is 0.0528 e. The molecule has 0 aliphatic carbocycles. The summed E-state index contributed by atoms with van der Waals surface area (Å²) in [4.78, 5) is 0. The molecule has 3 rings (SSSR count). The van der Waals surface area contributed by atoms with E-state index >= 15 is 0 Å². The lowest BCUT2D eigenvalue weighted by Gasteiger charge is -2.13. The van der Waals surface area contributed by atoms with E-state index < -0.39 is 0 Å². The van der Waals surface area contributed by atoms with Gasteiger partial charge >= 0.3 is 0 Å². The fourth-order valence-corrected chi connectivity index (χ4v) is 2.83. The zero-order chi connectivity index (χ0) is 12.7. The van der Waals surface area contributed by atoms with E-state index in [2.05, 4.69) is 74.0 Å². The van der Waals surface area contributed by atoms with Crippen molar-refractivity contribution in [1.29, 1.82) is 0 Å². The lowest BCUT2D eigenvalue weighted by atomic mass is 10.0. The van der Waals surface area contributed by atoms with E-state index in [4.69, 9.17) is 0 Å². The molecular weight excluding hydrogens is 218 g/mol. The van der Waals surface area contributed by atoms with Crippen molar-refractivity contribution in [2.24, 2.45) is 0 Å². The van der Waals surface area contributed by atoms with Crippen LogP contribution >= 0.6 is 0 Å². The lowest BCUT2D eigenvalue weighted by Crippen LogP contribution is -1.99. The van der Waals surface area contributed by atoms with Crippen molar-refractivity contribution in [2.45, 2.75) is 20.8 Å². The molecule has 0 radical (unpaired) electrons. The van der Waals surface area contributed by atoms with E-state index in [1.165, 1.54) is 33.3 Å². The molecule has 1 nitrogen and oxygen atoms in total. The largest absolute Gasteiger partial charge is 0.316 e. The van der Waals surface area contributed by atoms with Gasteiger partial charge in [-0.05, 0) is 49.4 Å². The molecule has 0 saturated carbocycles. The summed E-state index contributed by atoms with van der Waals surface area (Å²) in [5.41, 5.74) is 6.56. The Morgan fingerprint density at radius 2 is 1.50 bits per heavy atom. The second-order valence-corrected chi connectivity index (χ2v) is 4.99. The highest BCUT2D eigenvalue weighted by atomic mass is 15.0. The SMILES string of the molecule is Cc1cc(C)c(-n2ccc3ccccc32)c(C)c1. The minimum atomic E-state index is 1.27. The van der Waals surface area contributed by atoms with Crippen molar-refractivity contribution in [1.82, 2.24) is 4.57 Å². The van der Waals surface area contributed by atoms with E-state index in [-0.39, 0.29) is 0 Å². The number of benzene rings is 2. The van der Waals surface area contributed by atoms with Crippen LogP contribution in [0.5, 0.6) is 0 Å². The average molecular weight is 235 g/mol. The van der Waals surface area contributed by atoms with Crippen LogP contribution in [-0.2, 0) is 0 Å². The van der Waals surface area contributed by atoms with Gasteiger partial charge in [0.15, 0.2) is 0 Å². The first-order valence-corrected chi connectivity index (χ1v) is 6.31. The normalized spacial score (nSPS) is 11.1. The van der Waals surface area contributed by atoms with Crippen LogP contribution in [0.15, 0.2) is 48.7 Å². The molecule has 0 saturated heterocycles. The molecule has 0 aliphatic heterocycles. The van der Waals surface area contributed by atoms with Gasteiger partial charge in [0, 0.05) is 6.20 Å². The van der Waals surface area contributed by atoms with E-state index in [1.807, 2.05) is 0 Å². The Morgan fingerprint density at radius 1 is 0.833 bits per heavy atom. The Labute approximate surface area is 108 Å². The summed E-state index contributed by atoms with van der Waals surface area (Å²) in [5.74, 6) is 0. The number of rotatable bonds is 1. The molecule has 0 aliphatic rings. The number of aromatic nitrogens is 1. The highest BCUT2D eigenvalue weighted by Gasteiger charge is 2.08. The molecule has 0 spiro atoms. The van der Waals surface area contributed by atoms with Gasteiger partial charge in [0.1, 0.15) is 0 Å². The summed E-state index contributed by atoms with van der Waals surface area (Å²) >= 11 is 0. The monoisotopic (exact) mass is 235 g/mol. The van der Waals surface area contributed by atoms with Gasteiger partial charge in [0.25, 0.3) is 0 Å². The van der Waals surface area contributed by atoms with Gasteiger partial charge in [-0.1, -0.05) is 35.9 Å². The first-order valence-electron chi connectivity index (χ1n) is 6.31. The Kier molecular flexibility index (Phi) is 2.48. The summed E-state index contributed by atoms with van der Waals surface area (Å²) in [6, 6.07) is 15.2. The Morgan fingerprint density at radius 3 is 2.22 bits per heavy atom. The Bertz CT molecular complexity index is 696. The third-order valence-corrected chi connectivity index (χ3v) is 3.48. The maximum atomic E-state index is 2.29. The molecule has 90 valence electrons. The van der Waals surface area contributed by atoms with Crippen LogP contribution in [0.4, 0.5) is 0 Å². The number of hydrogen-bond donors (Lipinski definition) is 0. The third-order valence-electron chi connectivity index (χ3n) is 3.48. The van der Waals surface area contributed by atoms with Crippen molar-refractivity contribution in [3.63, 3.8) is 0 Å². The Balaban J connectivity index is 2.33. The smallest absolute Gasteiger partial charge is 0.0528 e. The highest BCUT2D eigenvalue weighted by molar-refractivity contribution is 5.82. The van der Waals surface area contributed by atoms with Gasteiger partial charge in [-0.25, -0.2) is 0 Å². The number of nitrogens with zero attached hydrogens (tertiary/aromatic N) is 1. The van der Waals surface area contributed by atoms with Crippen LogP contribution < -0.4 is 0 Å². The van der Waals surface area contributed by atoms with Crippen molar-refractivity contribution in [3.8, 4) is 5.69 Å². The molecule has 0 atom stereocenters. The molecule has 18 heavy (non-hydrogen) atoms. The van der Waals surface area contributed by atoms with Gasteiger partial charge in [0.05, 0.1) is 11.2 Å². The topological polar surface area (TPSA) is 4.93 Å². The first kappa shape index (κ1) is 11.1. The summed E-state index contributed by atoms with van der Waals surface area (Å²) in [5, 5.41) is 1.29. The molecule has 1 aromatic heterocycles. The molecule has 0 amide bonds. The zero-order valence-corrected chi connectivity index (χ0v) is 11.1. The molecule has 0 fully saturated rings. The number of hydrogen-bond acceptors (Lipinski definition) is 0. The van der Waals surface area contributed by atoms with Crippen LogP contribution in [0.3, 0.4) is 0 Å². The minimum absolute atomic E-state index is 1.27. The number of para-hydroxylation sites is 1. The predicted octanol–water partition coefficient (Wildman–Crippen LogP) is 4.56. The summed E-state index contributed by atoms with van der Waals surface area (Å²) in [6.07, 6.45) is 2.16. The molecule has 1 heterocycles. The van der Waals surface area contributed by atoms with E-state index in [0.29, 0.717) is 0 Å². The Hall–Kier alpha value is -2.02. The van der Waals surface area contributed by atoms with Crippen molar-refractivity contribution >= 4 is 10.9 Å². The average Bonchev–Trinajstić information content (AvgIpc) is 2.72. The molecule has 1 heteroatoms. The van der Waals surface area contributed by atoms with Gasteiger partial charge in [-0.2, -0.15) is 0 Å². The molecule has 3 aromatic rings. The molecular formula is C17H17N. The quantitative estimate of drug-likeness (QED) is 0.583. The lowest BCUT2D eigenvalue weighted by molar-refractivity contribution is 1.07. The third kappa shape index (κ3) is 1.63. The van der Waals surface area contributed by atoms with Crippen molar-refractivity contribution < 1.29 is 0 Å². The molecule has 0 N–H and O–H groups in total. The van der Waals surface area contributed by atoms with Gasteiger partial charge in [-0.15, -0.1) is 0 Å². The van der Waals surface area contributed by atoms with Crippen LogP contribution in [-0.4, -0.2) is 4.57 Å². The zero-order valence-electron chi connectivity index (χ0n) is 11.1. The minimum Gasteiger partial charge on any atom is -0.316 e. The molecule has 2 aromatic carbocycles. The first-order chi connectivity index (χ1) is 8.66. The van der Waals surface area contributed by atoms with Gasteiger partial charge < -0.3 is 4.57 Å². The maximum absolute atomic E-state index is 2.29. The van der Waals surface area contributed by atoms with Gasteiger partial charge in [0.2, 0.25) is 0 Å². The number of fused-ring (bicyclic) bond motifs is 1. The standard InChI is InChI=1S/C17H17N/c1-12-10-13(2)17(14(3)11-12)18-9-8-15-6-4-5-7-16(15)18/h4-11H,1-3H3. The molecule has 0 unspecified atom stereocenters. The molecule has 0 bridgehead atoms. The summed E-state index contributed by atoms with van der Waals surface area (Å²) in [6.45, 7) is 6.52. The summed E-state index contributed by atoms with van der Waals surface area (Å²) < 4.78 is 2.29. The van der Waals surface area contributed by atoms with E-state index in [0.717, 1.165) is 0 Å². The van der Waals surface area contributed by atoms with Crippen LogP contribution in [0, 0.1) is 20.8 Å². The van der Waals surface area contributed by atoms with Crippen molar-refractivity contribution in [3.05, 3.63) is 65.4 Å². The second-order valence-electron chi connectivity index (χ2n) is 4.99. The fourth-order valence-electron chi connectivity index (χ4n) is 2.83. The van der Waals surface area contributed by atoms with E-state index in [9.17, 15) is 0 Å². The van der Waals surface area contributed by atoms with Crippen molar-refractivity contribution in [2.75, 3.05) is 0 Å². The summed E-state index contributed by atoms with van der Waals surface area (Å²) in [7, 11) is 0. The van der Waals surface area contributed by atoms with Crippen LogP contribution in [0.2, 0.25) is 0 Å². The van der Waals surface area contributed by atoms with Crippen LogP contribution in [0.1, 0.15) is 16.7 Å². The highest BCUT2D eigenvalue weighted by Crippen LogP contribution is 2.26. The number of aryl methyl sites for hydroxylation is 3. The second kappa shape index (κ2) is 4.02. The van der Waals surface area contributed by atoms with E-state index in [1.54, 1.807) is 0 Å².